The van der Waals surface area contributed by atoms with Gasteiger partial charge in [0.15, 0.2) is 0 Å². The van der Waals surface area contributed by atoms with Crippen molar-refractivity contribution in [2.24, 2.45) is 4.99 Å². The molecule has 82 valence electrons. The number of hydrogen-bond acceptors (Lipinski definition) is 1. The van der Waals surface area contributed by atoms with E-state index in [4.69, 9.17) is 0 Å². The second kappa shape index (κ2) is 4.33. The van der Waals surface area contributed by atoms with Gasteiger partial charge in [-0.3, -0.25) is 0 Å². The number of halogens is 3. The normalized spacial score (nSPS) is 12.1. The van der Waals surface area contributed by atoms with Gasteiger partial charge < -0.3 is 4.90 Å². The van der Waals surface area contributed by atoms with Crippen molar-refractivity contribution in [3.8, 4) is 0 Å². The number of alkyl halides is 3. The summed E-state index contributed by atoms with van der Waals surface area (Å²) in [6.07, 6.45) is -3.02. The van der Waals surface area contributed by atoms with E-state index in [0.29, 0.717) is 0 Å². The maximum absolute atomic E-state index is 12.5. The summed E-state index contributed by atoms with van der Waals surface area (Å²) in [6, 6.07) is 5.22. The minimum atomic E-state index is -4.36. The van der Waals surface area contributed by atoms with E-state index in [2.05, 4.69) is 4.99 Å². The molecule has 0 unspecified atom stereocenters. The van der Waals surface area contributed by atoms with Crippen LogP contribution >= 0.6 is 0 Å². The maximum Gasteiger partial charge on any atom is 0.418 e. The molecule has 1 aromatic rings. The largest absolute Gasteiger partial charge is 0.418 e. The summed E-state index contributed by atoms with van der Waals surface area (Å²) in [5.74, 6) is 0. The molecule has 1 rings (SSSR count). The molecule has 0 spiro atoms. The molecule has 0 fully saturated rings. The highest BCUT2D eigenvalue weighted by Crippen LogP contribution is 2.35. The van der Waals surface area contributed by atoms with Gasteiger partial charge in [0.2, 0.25) is 0 Å². The van der Waals surface area contributed by atoms with Gasteiger partial charge >= 0.3 is 6.18 Å². The van der Waals surface area contributed by atoms with Crippen LogP contribution in [0.4, 0.5) is 18.9 Å². The van der Waals surface area contributed by atoms with Crippen LogP contribution in [0.5, 0.6) is 0 Å². The Morgan fingerprint density at radius 2 is 1.80 bits per heavy atom. The average Bonchev–Trinajstić information content (AvgIpc) is 2.13. The summed E-state index contributed by atoms with van der Waals surface area (Å²) in [6.45, 7) is 0. The molecule has 0 saturated heterocycles. The van der Waals surface area contributed by atoms with E-state index in [1.165, 1.54) is 24.5 Å². The second-order valence-electron chi connectivity index (χ2n) is 3.22. The Morgan fingerprint density at radius 3 is 2.33 bits per heavy atom. The lowest BCUT2D eigenvalue weighted by Crippen LogP contribution is -2.08. The van der Waals surface area contributed by atoms with Crippen LogP contribution in [0.15, 0.2) is 29.3 Å². The van der Waals surface area contributed by atoms with Gasteiger partial charge in [-0.2, -0.15) is 13.2 Å². The Labute approximate surface area is 86.0 Å². The molecule has 0 atom stereocenters. The first kappa shape index (κ1) is 11.6. The zero-order chi connectivity index (χ0) is 11.5. The van der Waals surface area contributed by atoms with Gasteiger partial charge in [-0.1, -0.05) is 12.1 Å². The fraction of sp³-hybridized carbons (Fsp3) is 0.300. The lowest BCUT2D eigenvalue weighted by Gasteiger charge is -2.09. The van der Waals surface area contributed by atoms with Gasteiger partial charge in [0.25, 0.3) is 0 Å². The van der Waals surface area contributed by atoms with E-state index in [0.717, 1.165) is 6.07 Å². The first-order chi connectivity index (χ1) is 6.91. The van der Waals surface area contributed by atoms with Crippen molar-refractivity contribution in [2.45, 2.75) is 6.18 Å². The van der Waals surface area contributed by atoms with Gasteiger partial charge in [-0.25, -0.2) is 4.99 Å². The smallest absolute Gasteiger partial charge is 0.369 e. The number of benzene rings is 1. The van der Waals surface area contributed by atoms with Crippen molar-refractivity contribution in [1.29, 1.82) is 0 Å². The van der Waals surface area contributed by atoms with E-state index in [1.54, 1.807) is 19.0 Å². The van der Waals surface area contributed by atoms with Crippen LogP contribution in [0.2, 0.25) is 0 Å². The second-order valence-corrected chi connectivity index (χ2v) is 3.22. The highest BCUT2D eigenvalue weighted by molar-refractivity contribution is 5.63. The van der Waals surface area contributed by atoms with E-state index in [1.807, 2.05) is 0 Å². The third kappa shape index (κ3) is 3.27. The number of rotatable bonds is 2. The Morgan fingerprint density at radius 1 is 1.20 bits per heavy atom. The standard InChI is InChI=1S/C10H11F3N2/c1-15(2)7-14-9-6-4-3-5-8(9)10(11,12)13/h3-7H,1-2H3. The lowest BCUT2D eigenvalue weighted by molar-refractivity contribution is -0.137. The van der Waals surface area contributed by atoms with Gasteiger partial charge in [0.05, 0.1) is 17.6 Å². The van der Waals surface area contributed by atoms with E-state index in [-0.39, 0.29) is 5.69 Å². The molecule has 0 saturated carbocycles. The maximum atomic E-state index is 12.5. The molecule has 0 N–H and O–H groups in total. The lowest BCUT2D eigenvalue weighted by atomic mass is 10.2. The minimum absolute atomic E-state index is 0.0706. The van der Waals surface area contributed by atoms with Crippen molar-refractivity contribution < 1.29 is 13.2 Å². The highest BCUT2D eigenvalue weighted by Gasteiger charge is 2.32. The van der Waals surface area contributed by atoms with Gasteiger partial charge in [0, 0.05) is 14.1 Å². The van der Waals surface area contributed by atoms with Crippen molar-refractivity contribution in [1.82, 2.24) is 4.90 Å². The topological polar surface area (TPSA) is 15.6 Å². The summed E-state index contributed by atoms with van der Waals surface area (Å²) >= 11 is 0. The third-order valence-electron chi connectivity index (χ3n) is 1.64. The molecule has 0 aromatic heterocycles. The fourth-order valence-electron chi connectivity index (χ4n) is 1.00. The molecule has 2 nitrogen and oxygen atoms in total. The zero-order valence-corrected chi connectivity index (χ0v) is 8.42. The van der Waals surface area contributed by atoms with Crippen molar-refractivity contribution >= 4 is 12.0 Å². The zero-order valence-electron chi connectivity index (χ0n) is 8.42. The van der Waals surface area contributed by atoms with Crippen LogP contribution < -0.4 is 0 Å². The molecule has 1 aromatic carbocycles. The van der Waals surface area contributed by atoms with Crippen LogP contribution in [0, 0.1) is 0 Å². The summed E-state index contributed by atoms with van der Waals surface area (Å²) in [4.78, 5) is 5.33. The Bertz CT molecular complexity index is 356. The highest BCUT2D eigenvalue weighted by atomic mass is 19.4. The van der Waals surface area contributed by atoms with Crippen LogP contribution in [0.3, 0.4) is 0 Å². The molecule has 5 heteroatoms. The summed E-state index contributed by atoms with van der Waals surface area (Å²) in [5.41, 5.74) is -0.790. The number of hydrogen-bond donors (Lipinski definition) is 0. The summed E-state index contributed by atoms with van der Waals surface area (Å²) < 4.78 is 37.5. The SMILES string of the molecule is CN(C)C=Nc1ccccc1C(F)(F)F. The quantitative estimate of drug-likeness (QED) is 0.548. The number of nitrogens with zero attached hydrogens (tertiary/aromatic N) is 2. The van der Waals surface area contributed by atoms with Crippen LogP contribution in [-0.2, 0) is 6.18 Å². The monoisotopic (exact) mass is 216 g/mol. The molecule has 0 heterocycles. The number of para-hydroxylation sites is 1. The first-order valence-corrected chi connectivity index (χ1v) is 4.28. The molecular weight excluding hydrogens is 205 g/mol. The van der Waals surface area contributed by atoms with Crippen LogP contribution in [0.25, 0.3) is 0 Å². The molecule has 0 bridgehead atoms. The molecule has 0 aliphatic heterocycles. The van der Waals surface area contributed by atoms with E-state index in [9.17, 15) is 13.2 Å². The number of aliphatic imine (C=N–C) groups is 1. The molecule has 0 aliphatic rings. The first-order valence-electron chi connectivity index (χ1n) is 4.28. The van der Waals surface area contributed by atoms with Gasteiger partial charge in [-0.05, 0) is 12.1 Å². The van der Waals surface area contributed by atoms with Crippen molar-refractivity contribution in [2.75, 3.05) is 14.1 Å². The van der Waals surface area contributed by atoms with Crippen LogP contribution in [0.1, 0.15) is 5.56 Å². The van der Waals surface area contributed by atoms with Crippen molar-refractivity contribution in [3.05, 3.63) is 29.8 Å². The third-order valence-corrected chi connectivity index (χ3v) is 1.64. The van der Waals surface area contributed by atoms with Gasteiger partial charge in [0.1, 0.15) is 0 Å². The molecule has 0 amide bonds. The van der Waals surface area contributed by atoms with E-state index < -0.39 is 11.7 Å². The Hall–Kier alpha value is -1.52. The fourth-order valence-corrected chi connectivity index (χ4v) is 1.00. The predicted molar refractivity (Wildman–Crippen MR) is 53.3 cm³/mol. The summed E-state index contributed by atoms with van der Waals surface area (Å²) in [7, 11) is 3.39. The van der Waals surface area contributed by atoms with E-state index >= 15 is 0 Å². The average molecular weight is 216 g/mol. The van der Waals surface area contributed by atoms with Crippen molar-refractivity contribution in [3.63, 3.8) is 0 Å². The van der Waals surface area contributed by atoms with Crippen LogP contribution in [-0.4, -0.2) is 25.3 Å². The summed E-state index contributed by atoms with van der Waals surface area (Å²) in [5, 5.41) is 0. The molecule has 0 radical (unpaired) electrons. The molecule has 15 heavy (non-hydrogen) atoms. The minimum Gasteiger partial charge on any atom is -0.369 e. The predicted octanol–water partition coefficient (Wildman–Crippen LogP) is 2.93. The van der Waals surface area contributed by atoms with Gasteiger partial charge in [-0.15, -0.1) is 0 Å². The molecule has 0 aliphatic carbocycles. The Kier molecular flexibility index (Phi) is 3.34. The molecular formula is C10H11F3N2. The Balaban J connectivity index is 3.08.